The minimum atomic E-state index is -2.63. The summed E-state index contributed by atoms with van der Waals surface area (Å²) in [5, 5.41) is 0. The number of carbonyl (C=O) groups is 1. The van der Waals surface area contributed by atoms with Gasteiger partial charge in [0, 0.05) is 3.57 Å². The first-order valence-electron chi connectivity index (χ1n) is 5.05. The molecule has 0 aromatic carbocycles. The summed E-state index contributed by atoms with van der Waals surface area (Å²) in [5.41, 5.74) is 0.733. The quantitative estimate of drug-likeness (QED) is 0.616. The highest BCUT2D eigenvalue weighted by atomic mass is 127. The van der Waals surface area contributed by atoms with Crippen LogP contribution in [0.1, 0.15) is 30.3 Å². The standard InChI is InChI=1S/C11H12F2INO2/c1-3-17-9(16)5-7-4-8(11(12)13)15-6(2)10(7)14/h4,11H,3,5H2,1-2H3. The molecule has 0 N–H and O–H groups in total. The van der Waals surface area contributed by atoms with Crippen molar-refractivity contribution in [3.63, 3.8) is 0 Å². The van der Waals surface area contributed by atoms with Crippen molar-refractivity contribution in [3.05, 3.63) is 26.6 Å². The molecule has 1 aromatic heterocycles. The zero-order chi connectivity index (χ0) is 13.0. The molecule has 17 heavy (non-hydrogen) atoms. The molecule has 1 heterocycles. The number of halogens is 3. The molecular weight excluding hydrogens is 343 g/mol. The van der Waals surface area contributed by atoms with Gasteiger partial charge in [-0.2, -0.15) is 0 Å². The lowest BCUT2D eigenvalue weighted by molar-refractivity contribution is -0.142. The lowest BCUT2D eigenvalue weighted by Crippen LogP contribution is -2.10. The number of aryl methyl sites for hydroxylation is 1. The van der Waals surface area contributed by atoms with Crippen molar-refractivity contribution in [3.8, 4) is 0 Å². The molecule has 0 unspecified atom stereocenters. The van der Waals surface area contributed by atoms with Crippen LogP contribution in [0.25, 0.3) is 0 Å². The molecule has 0 aliphatic heterocycles. The molecule has 6 heteroatoms. The van der Waals surface area contributed by atoms with Crippen LogP contribution in [-0.2, 0) is 16.0 Å². The van der Waals surface area contributed by atoms with Crippen LogP contribution in [0.5, 0.6) is 0 Å². The van der Waals surface area contributed by atoms with Crippen LogP contribution in [0, 0.1) is 10.5 Å². The number of aromatic nitrogens is 1. The number of carbonyl (C=O) groups excluding carboxylic acids is 1. The van der Waals surface area contributed by atoms with Gasteiger partial charge < -0.3 is 4.74 Å². The van der Waals surface area contributed by atoms with Gasteiger partial charge in [0.05, 0.1) is 18.7 Å². The topological polar surface area (TPSA) is 39.2 Å². The first-order valence-corrected chi connectivity index (χ1v) is 6.13. The summed E-state index contributed by atoms with van der Waals surface area (Å²) in [4.78, 5) is 15.1. The molecule has 0 radical (unpaired) electrons. The first kappa shape index (κ1) is 14.3. The van der Waals surface area contributed by atoms with Gasteiger partial charge in [0.1, 0.15) is 5.69 Å². The Labute approximate surface area is 112 Å². The van der Waals surface area contributed by atoms with E-state index < -0.39 is 12.4 Å². The zero-order valence-electron chi connectivity index (χ0n) is 9.47. The Morgan fingerprint density at radius 1 is 1.59 bits per heavy atom. The number of esters is 1. The second-order valence-corrected chi connectivity index (χ2v) is 4.47. The van der Waals surface area contributed by atoms with Crippen LogP contribution >= 0.6 is 22.6 Å². The Kier molecular flexibility index (Phi) is 5.23. The molecule has 1 rings (SSSR count). The smallest absolute Gasteiger partial charge is 0.310 e. The van der Waals surface area contributed by atoms with Crippen molar-refractivity contribution in [1.29, 1.82) is 0 Å². The molecule has 1 aromatic rings. The summed E-state index contributed by atoms with van der Waals surface area (Å²) in [5.74, 6) is -0.420. The Bertz CT molecular complexity index is 424. The predicted molar refractivity (Wildman–Crippen MR) is 67.0 cm³/mol. The number of pyridine rings is 1. The van der Waals surface area contributed by atoms with Crippen molar-refractivity contribution in [1.82, 2.24) is 4.98 Å². The molecular formula is C11H12F2INO2. The van der Waals surface area contributed by atoms with Crippen molar-refractivity contribution < 1.29 is 18.3 Å². The van der Waals surface area contributed by atoms with Gasteiger partial charge >= 0.3 is 5.97 Å². The lowest BCUT2D eigenvalue weighted by Gasteiger charge is -2.09. The SMILES string of the molecule is CCOC(=O)Cc1cc(C(F)F)nc(C)c1I. The minimum Gasteiger partial charge on any atom is -0.466 e. The minimum absolute atomic E-state index is 0.00477. The summed E-state index contributed by atoms with van der Waals surface area (Å²) in [7, 11) is 0. The van der Waals surface area contributed by atoms with Gasteiger partial charge in [-0.15, -0.1) is 0 Å². The van der Waals surface area contributed by atoms with E-state index in [1.54, 1.807) is 13.8 Å². The van der Waals surface area contributed by atoms with Crippen LogP contribution in [0.3, 0.4) is 0 Å². The molecule has 0 aliphatic rings. The maximum Gasteiger partial charge on any atom is 0.310 e. The molecule has 0 spiro atoms. The highest BCUT2D eigenvalue weighted by Crippen LogP contribution is 2.23. The van der Waals surface area contributed by atoms with E-state index in [4.69, 9.17) is 4.74 Å². The summed E-state index contributed by atoms with van der Waals surface area (Å²) in [6, 6.07) is 1.26. The number of alkyl halides is 2. The van der Waals surface area contributed by atoms with Gasteiger partial charge in [0.15, 0.2) is 0 Å². The highest BCUT2D eigenvalue weighted by Gasteiger charge is 2.16. The van der Waals surface area contributed by atoms with Gasteiger partial charge in [0.25, 0.3) is 6.43 Å². The van der Waals surface area contributed by atoms with E-state index in [1.807, 2.05) is 22.6 Å². The van der Waals surface area contributed by atoms with Crippen LogP contribution in [0.15, 0.2) is 6.07 Å². The third-order valence-electron chi connectivity index (χ3n) is 2.08. The van der Waals surface area contributed by atoms with Gasteiger partial charge in [-0.1, -0.05) is 0 Å². The van der Waals surface area contributed by atoms with Crippen molar-refractivity contribution in [2.45, 2.75) is 26.7 Å². The lowest BCUT2D eigenvalue weighted by atomic mass is 10.1. The van der Waals surface area contributed by atoms with Crippen LogP contribution in [-0.4, -0.2) is 17.6 Å². The van der Waals surface area contributed by atoms with Crippen molar-refractivity contribution in [2.24, 2.45) is 0 Å². The molecule has 94 valence electrons. The summed E-state index contributed by atoms with van der Waals surface area (Å²) in [6.07, 6.45) is -2.64. The van der Waals surface area contributed by atoms with Crippen LogP contribution in [0.4, 0.5) is 8.78 Å². The predicted octanol–water partition coefficient (Wildman–Crippen LogP) is 3.04. The number of hydrogen-bond acceptors (Lipinski definition) is 3. The highest BCUT2D eigenvalue weighted by molar-refractivity contribution is 14.1. The third-order valence-corrected chi connectivity index (χ3v) is 3.56. The van der Waals surface area contributed by atoms with E-state index in [1.165, 1.54) is 6.07 Å². The maximum atomic E-state index is 12.6. The van der Waals surface area contributed by atoms with Gasteiger partial charge in [-0.25, -0.2) is 8.78 Å². The van der Waals surface area contributed by atoms with Gasteiger partial charge in [-0.3, -0.25) is 9.78 Å². The molecule has 0 atom stereocenters. The number of nitrogens with zero attached hydrogens (tertiary/aromatic N) is 1. The normalized spacial score (nSPS) is 10.7. The summed E-state index contributed by atoms with van der Waals surface area (Å²) < 4.78 is 30.6. The largest absolute Gasteiger partial charge is 0.466 e. The second kappa shape index (κ2) is 6.23. The Morgan fingerprint density at radius 3 is 2.76 bits per heavy atom. The van der Waals surface area contributed by atoms with Gasteiger partial charge in [-0.05, 0) is 48.1 Å². The van der Waals surface area contributed by atoms with Crippen molar-refractivity contribution >= 4 is 28.6 Å². The molecule has 0 amide bonds. The molecule has 0 aliphatic carbocycles. The third kappa shape index (κ3) is 3.86. The van der Waals surface area contributed by atoms with Crippen LogP contribution < -0.4 is 0 Å². The maximum absolute atomic E-state index is 12.6. The van der Waals surface area contributed by atoms with E-state index in [9.17, 15) is 13.6 Å². The van der Waals surface area contributed by atoms with E-state index in [2.05, 4.69) is 4.98 Å². The summed E-state index contributed by atoms with van der Waals surface area (Å²) in [6.45, 7) is 3.62. The van der Waals surface area contributed by atoms with Crippen LogP contribution in [0.2, 0.25) is 0 Å². The summed E-state index contributed by atoms with van der Waals surface area (Å²) >= 11 is 1.99. The molecule has 0 fully saturated rings. The fraction of sp³-hybridized carbons (Fsp3) is 0.455. The Morgan fingerprint density at radius 2 is 2.24 bits per heavy atom. The zero-order valence-corrected chi connectivity index (χ0v) is 11.6. The molecule has 0 saturated carbocycles. The van der Waals surface area contributed by atoms with E-state index in [0.29, 0.717) is 11.3 Å². The molecule has 0 bridgehead atoms. The Balaban J connectivity index is 3.01. The molecule has 3 nitrogen and oxygen atoms in total. The van der Waals surface area contributed by atoms with Crippen molar-refractivity contribution in [2.75, 3.05) is 6.61 Å². The first-order chi connectivity index (χ1) is 7.95. The second-order valence-electron chi connectivity index (χ2n) is 3.39. The fourth-order valence-corrected chi connectivity index (χ4v) is 1.82. The van der Waals surface area contributed by atoms with E-state index in [-0.39, 0.29) is 18.7 Å². The fourth-order valence-electron chi connectivity index (χ4n) is 1.36. The van der Waals surface area contributed by atoms with Gasteiger partial charge in [0.2, 0.25) is 0 Å². The van der Waals surface area contributed by atoms with E-state index in [0.717, 1.165) is 3.57 Å². The molecule has 0 saturated heterocycles. The average molecular weight is 355 g/mol. The number of hydrogen-bond donors (Lipinski definition) is 0. The average Bonchev–Trinajstić information content (AvgIpc) is 2.24. The monoisotopic (exact) mass is 355 g/mol. The number of ether oxygens (including phenoxy) is 1. The Hall–Kier alpha value is -0.790. The number of rotatable bonds is 4. The van der Waals surface area contributed by atoms with E-state index >= 15 is 0 Å².